The van der Waals surface area contributed by atoms with E-state index in [4.69, 9.17) is 16.3 Å². The molecule has 12 heteroatoms. The van der Waals surface area contributed by atoms with Crippen LogP contribution in [0.2, 0.25) is 5.02 Å². The number of nitrogens with zero attached hydrogens (tertiary/aromatic N) is 2. The zero-order valence-corrected chi connectivity index (χ0v) is 21.9. The molecule has 0 radical (unpaired) electrons. The highest BCUT2D eigenvalue weighted by Crippen LogP contribution is 2.33. The van der Waals surface area contributed by atoms with Crippen LogP contribution in [-0.2, 0) is 16.2 Å². The lowest BCUT2D eigenvalue weighted by Gasteiger charge is -2.35. The summed E-state index contributed by atoms with van der Waals surface area (Å²) in [6.07, 6.45) is -4.46. The van der Waals surface area contributed by atoms with E-state index < -0.39 is 27.7 Å². The molecular weight excluding hydrogens is 543 g/mol. The van der Waals surface area contributed by atoms with E-state index in [1.54, 1.807) is 42.2 Å². The van der Waals surface area contributed by atoms with Gasteiger partial charge in [-0.05, 0) is 67.6 Å². The fourth-order valence-electron chi connectivity index (χ4n) is 4.06. The lowest BCUT2D eigenvalue weighted by Crippen LogP contribution is -2.48. The average molecular weight is 568 g/mol. The van der Waals surface area contributed by atoms with E-state index in [-0.39, 0.29) is 36.8 Å². The minimum Gasteiger partial charge on any atom is -0.492 e. The Hall–Kier alpha value is -3.28. The van der Waals surface area contributed by atoms with Crippen molar-refractivity contribution in [3.63, 3.8) is 0 Å². The number of benzene rings is 3. The maximum absolute atomic E-state index is 13.4. The van der Waals surface area contributed by atoms with Crippen LogP contribution < -0.4 is 15.0 Å². The molecule has 0 saturated carbocycles. The van der Waals surface area contributed by atoms with Gasteiger partial charge in [0.05, 0.1) is 22.8 Å². The van der Waals surface area contributed by atoms with Crippen LogP contribution in [0, 0.1) is 0 Å². The van der Waals surface area contributed by atoms with Crippen LogP contribution in [0.25, 0.3) is 0 Å². The van der Waals surface area contributed by atoms with E-state index >= 15 is 0 Å². The Morgan fingerprint density at radius 1 is 1.00 bits per heavy atom. The number of halogens is 4. The summed E-state index contributed by atoms with van der Waals surface area (Å²) in [5.74, 6) is -0.157. The number of alkyl halides is 3. The van der Waals surface area contributed by atoms with Gasteiger partial charge in [0.1, 0.15) is 5.75 Å². The first-order valence-corrected chi connectivity index (χ1v) is 13.6. The van der Waals surface area contributed by atoms with Crippen molar-refractivity contribution in [1.29, 1.82) is 0 Å². The number of amides is 1. The number of carbonyl (C=O) groups is 1. The third kappa shape index (κ3) is 6.23. The predicted octanol–water partition coefficient (Wildman–Crippen LogP) is 5.52. The quantitative estimate of drug-likeness (QED) is 0.407. The number of hydrogen-bond donors (Lipinski definition) is 1. The van der Waals surface area contributed by atoms with Crippen molar-refractivity contribution in [3.8, 4) is 5.75 Å². The number of rotatable bonds is 7. The Morgan fingerprint density at radius 2 is 1.68 bits per heavy atom. The Labute approximate surface area is 223 Å². The summed E-state index contributed by atoms with van der Waals surface area (Å²) < 4.78 is 73.0. The first kappa shape index (κ1) is 27.7. The van der Waals surface area contributed by atoms with E-state index in [0.717, 1.165) is 12.1 Å². The highest BCUT2D eigenvalue weighted by molar-refractivity contribution is 7.89. The summed E-state index contributed by atoms with van der Waals surface area (Å²) in [5, 5.41) is 3.17. The van der Waals surface area contributed by atoms with Crippen molar-refractivity contribution >= 4 is 38.9 Å². The van der Waals surface area contributed by atoms with Gasteiger partial charge in [-0.15, -0.1) is 0 Å². The molecule has 1 N–H and O–H groups in total. The van der Waals surface area contributed by atoms with Crippen LogP contribution in [0.1, 0.15) is 22.8 Å². The average Bonchev–Trinajstić information content (AvgIpc) is 2.90. The molecule has 38 heavy (non-hydrogen) atoms. The van der Waals surface area contributed by atoms with E-state index in [0.29, 0.717) is 28.6 Å². The molecular formula is C26H25ClF3N3O4S. The number of nitrogens with one attached hydrogen (secondary N) is 1. The smallest absolute Gasteiger partial charge is 0.416 e. The molecule has 0 bridgehead atoms. The predicted molar refractivity (Wildman–Crippen MR) is 139 cm³/mol. The maximum Gasteiger partial charge on any atom is 0.416 e. The summed E-state index contributed by atoms with van der Waals surface area (Å²) in [5.41, 5.74) is 0.143. The van der Waals surface area contributed by atoms with E-state index in [1.165, 1.54) is 28.6 Å². The van der Waals surface area contributed by atoms with Gasteiger partial charge in [0, 0.05) is 42.5 Å². The molecule has 0 unspecified atom stereocenters. The van der Waals surface area contributed by atoms with E-state index in [2.05, 4.69) is 5.32 Å². The second kappa shape index (κ2) is 11.2. The van der Waals surface area contributed by atoms with Crippen molar-refractivity contribution < 1.29 is 31.1 Å². The molecule has 3 aromatic carbocycles. The fraction of sp³-hybridized carbons (Fsp3) is 0.269. The highest BCUT2D eigenvalue weighted by atomic mass is 35.5. The minimum atomic E-state index is -4.46. The van der Waals surface area contributed by atoms with E-state index in [9.17, 15) is 26.4 Å². The van der Waals surface area contributed by atoms with Gasteiger partial charge in [0.2, 0.25) is 10.0 Å². The van der Waals surface area contributed by atoms with Crippen LogP contribution in [0.15, 0.2) is 71.6 Å². The molecule has 0 aliphatic carbocycles. The first-order valence-electron chi connectivity index (χ1n) is 11.7. The number of carbonyl (C=O) groups excluding carboxylic acids is 1. The van der Waals surface area contributed by atoms with Crippen molar-refractivity contribution in [3.05, 3.63) is 82.9 Å². The second-order valence-electron chi connectivity index (χ2n) is 8.49. The molecule has 3 aromatic rings. The van der Waals surface area contributed by atoms with Crippen molar-refractivity contribution in [1.82, 2.24) is 4.31 Å². The van der Waals surface area contributed by atoms with Crippen LogP contribution in [0.3, 0.4) is 0 Å². The zero-order valence-electron chi connectivity index (χ0n) is 20.3. The third-order valence-electron chi connectivity index (χ3n) is 6.02. The summed E-state index contributed by atoms with van der Waals surface area (Å²) in [4.78, 5) is 14.4. The standard InChI is InChI=1S/C26H25ClF3N3O4S/c1-2-37-24-11-10-22(17-23(24)31-25(34)18-6-8-20(27)9-7-18)38(35,36)33-14-12-32(13-15-33)21-5-3-4-19(16-21)26(28,29)30/h3-11,16-17H,2,12-15H2,1H3,(H,31,34). The first-order chi connectivity index (χ1) is 18.0. The SMILES string of the molecule is CCOc1ccc(S(=O)(=O)N2CCN(c3cccc(C(F)(F)F)c3)CC2)cc1NC(=O)c1ccc(Cl)cc1. The monoisotopic (exact) mass is 567 g/mol. The van der Waals surface area contributed by atoms with E-state index in [1.807, 2.05) is 0 Å². The van der Waals surface area contributed by atoms with Crippen LogP contribution >= 0.6 is 11.6 Å². The Balaban J connectivity index is 1.52. The second-order valence-corrected chi connectivity index (χ2v) is 10.9. The lowest BCUT2D eigenvalue weighted by molar-refractivity contribution is -0.137. The summed E-state index contributed by atoms with van der Waals surface area (Å²) in [6, 6.07) is 15.4. The molecule has 7 nitrogen and oxygen atoms in total. The van der Waals surface area contributed by atoms with Gasteiger partial charge in [0.25, 0.3) is 5.91 Å². The van der Waals surface area contributed by atoms with Crippen LogP contribution in [-0.4, -0.2) is 51.4 Å². The van der Waals surface area contributed by atoms with Crippen molar-refractivity contribution in [2.24, 2.45) is 0 Å². The lowest BCUT2D eigenvalue weighted by atomic mass is 10.1. The molecule has 1 aliphatic heterocycles. The molecule has 1 heterocycles. The maximum atomic E-state index is 13.4. The molecule has 1 fully saturated rings. The normalized spacial score (nSPS) is 14.8. The Kier molecular flexibility index (Phi) is 8.19. The van der Waals surface area contributed by atoms with Gasteiger partial charge in [-0.25, -0.2) is 8.42 Å². The molecule has 0 atom stereocenters. The Morgan fingerprint density at radius 3 is 2.32 bits per heavy atom. The number of sulfonamides is 1. The number of anilines is 2. The van der Waals surface area contributed by atoms with Gasteiger partial charge in [-0.3, -0.25) is 4.79 Å². The van der Waals surface area contributed by atoms with Gasteiger partial charge in [-0.1, -0.05) is 17.7 Å². The van der Waals surface area contributed by atoms with Gasteiger partial charge in [-0.2, -0.15) is 17.5 Å². The molecule has 0 spiro atoms. The number of piperazine rings is 1. The third-order valence-corrected chi connectivity index (χ3v) is 8.17. The van der Waals surface area contributed by atoms with Crippen molar-refractivity contribution in [2.45, 2.75) is 18.0 Å². The molecule has 1 aliphatic rings. The van der Waals surface area contributed by atoms with Crippen LogP contribution in [0.4, 0.5) is 24.5 Å². The summed E-state index contributed by atoms with van der Waals surface area (Å²) in [7, 11) is -3.96. The van der Waals surface area contributed by atoms with Gasteiger partial charge < -0.3 is 15.0 Å². The molecule has 4 rings (SSSR count). The minimum absolute atomic E-state index is 0.0418. The van der Waals surface area contributed by atoms with Crippen LogP contribution in [0.5, 0.6) is 5.75 Å². The Bertz CT molecular complexity index is 1410. The molecule has 0 aromatic heterocycles. The summed E-state index contributed by atoms with van der Waals surface area (Å²) >= 11 is 5.89. The zero-order chi connectivity index (χ0) is 27.5. The molecule has 1 amide bonds. The van der Waals surface area contributed by atoms with Gasteiger partial charge in [0.15, 0.2) is 0 Å². The highest BCUT2D eigenvalue weighted by Gasteiger charge is 2.32. The number of ether oxygens (including phenoxy) is 1. The van der Waals surface area contributed by atoms with Crippen molar-refractivity contribution in [2.75, 3.05) is 43.0 Å². The molecule has 202 valence electrons. The van der Waals surface area contributed by atoms with Gasteiger partial charge >= 0.3 is 6.18 Å². The number of hydrogen-bond acceptors (Lipinski definition) is 5. The summed E-state index contributed by atoms with van der Waals surface area (Å²) in [6.45, 7) is 2.67. The molecule has 1 saturated heterocycles. The largest absolute Gasteiger partial charge is 0.492 e. The fourth-order valence-corrected chi connectivity index (χ4v) is 5.63. The topological polar surface area (TPSA) is 79.0 Å².